The van der Waals surface area contributed by atoms with E-state index in [-0.39, 0.29) is 13.2 Å². The molecule has 2 heterocycles. The molecule has 0 unspecified atom stereocenters. The first-order valence-corrected chi connectivity index (χ1v) is 7.96. The molecule has 136 valence electrons. The Morgan fingerprint density at radius 3 is 3.04 bits per heavy atom. The molecule has 0 amide bonds. The predicted molar refractivity (Wildman–Crippen MR) is 95.9 cm³/mol. The average Bonchev–Trinajstić information content (AvgIpc) is 3.09. The molecule has 3 aromatic rings. The number of rotatable bonds is 8. The van der Waals surface area contributed by atoms with Crippen LogP contribution in [0.1, 0.15) is 5.56 Å². The summed E-state index contributed by atoms with van der Waals surface area (Å²) in [6.45, 7) is 0.663. The van der Waals surface area contributed by atoms with Gasteiger partial charge in [0.2, 0.25) is 0 Å². The van der Waals surface area contributed by atoms with Crippen LogP contribution in [0.2, 0.25) is 0 Å². The van der Waals surface area contributed by atoms with Gasteiger partial charge < -0.3 is 24.9 Å². The van der Waals surface area contributed by atoms with Gasteiger partial charge in [-0.05, 0) is 18.2 Å². The summed E-state index contributed by atoms with van der Waals surface area (Å²) in [5.74, 6) is 1.23. The van der Waals surface area contributed by atoms with Crippen LogP contribution in [0.4, 0.5) is 10.4 Å². The Bertz CT molecular complexity index is 910. The standard InChI is InChI=1S/C18H19FN4O3/c1-24-17-10-21-5-4-13(17)9-22-18-23-15-3-2-14(6-16(15)26-18)25-11-12(7-19)8-20/h2-7,10H,8-9,11,20H2,1H3,(H,22,23)/b12-7-. The van der Waals surface area contributed by atoms with E-state index in [2.05, 4.69) is 15.3 Å². The number of oxazole rings is 1. The van der Waals surface area contributed by atoms with E-state index in [1.165, 1.54) is 0 Å². The molecule has 8 heteroatoms. The zero-order valence-electron chi connectivity index (χ0n) is 14.2. The van der Waals surface area contributed by atoms with Crippen molar-refractivity contribution in [1.82, 2.24) is 9.97 Å². The Morgan fingerprint density at radius 2 is 2.27 bits per heavy atom. The SMILES string of the molecule is COc1cnccc1CNc1nc2ccc(OC/C(=C\F)CN)cc2o1. The predicted octanol–water partition coefficient (Wildman–Crippen LogP) is 3.03. The van der Waals surface area contributed by atoms with Crippen LogP contribution in [0.3, 0.4) is 0 Å². The molecule has 0 aliphatic carbocycles. The number of nitrogens with one attached hydrogen (secondary N) is 1. The maximum atomic E-state index is 12.5. The summed E-state index contributed by atoms with van der Waals surface area (Å²) in [5, 5.41) is 3.11. The molecule has 0 bridgehead atoms. The number of methoxy groups -OCH3 is 1. The monoisotopic (exact) mass is 358 g/mol. The van der Waals surface area contributed by atoms with Gasteiger partial charge in [0, 0.05) is 36.5 Å². The van der Waals surface area contributed by atoms with Gasteiger partial charge in [-0.15, -0.1) is 0 Å². The molecule has 0 saturated carbocycles. The Hall–Kier alpha value is -3.13. The minimum Gasteiger partial charge on any atom is -0.495 e. The van der Waals surface area contributed by atoms with Gasteiger partial charge in [-0.3, -0.25) is 4.98 Å². The van der Waals surface area contributed by atoms with E-state index in [1.54, 1.807) is 37.7 Å². The molecule has 0 atom stereocenters. The van der Waals surface area contributed by atoms with Gasteiger partial charge in [0.05, 0.1) is 19.6 Å². The van der Waals surface area contributed by atoms with Gasteiger partial charge in [0.1, 0.15) is 23.6 Å². The molecule has 2 aromatic heterocycles. The molecule has 0 saturated heterocycles. The number of hydrogen-bond donors (Lipinski definition) is 2. The van der Waals surface area contributed by atoms with Crippen molar-refractivity contribution in [1.29, 1.82) is 0 Å². The Kier molecular flexibility index (Phi) is 5.65. The van der Waals surface area contributed by atoms with E-state index < -0.39 is 0 Å². The van der Waals surface area contributed by atoms with E-state index in [0.717, 1.165) is 5.56 Å². The van der Waals surface area contributed by atoms with Crippen LogP contribution in [0.25, 0.3) is 11.1 Å². The largest absolute Gasteiger partial charge is 0.495 e. The molecule has 3 rings (SSSR count). The third-order valence-electron chi connectivity index (χ3n) is 3.72. The van der Waals surface area contributed by atoms with Crippen LogP contribution in [-0.2, 0) is 6.54 Å². The fourth-order valence-corrected chi connectivity index (χ4v) is 2.29. The highest BCUT2D eigenvalue weighted by molar-refractivity contribution is 5.76. The maximum Gasteiger partial charge on any atom is 0.295 e. The van der Waals surface area contributed by atoms with Gasteiger partial charge in [0.25, 0.3) is 6.01 Å². The van der Waals surface area contributed by atoms with E-state index >= 15 is 0 Å². The highest BCUT2D eigenvalue weighted by Gasteiger charge is 2.09. The van der Waals surface area contributed by atoms with Crippen molar-refractivity contribution >= 4 is 17.1 Å². The van der Waals surface area contributed by atoms with Crippen molar-refractivity contribution in [2.45, 2.75) is 6.54 Å². The second kappa shape index (κ2) is 8.30. The molecule has 1 aromatic carbocycles. The van der Waals surface area contributed by atoms with E-state index in [9.17, 15) is 4.39 Å². The maximum absolute atomic E-state index is 12.5. The topological polar surface area (TPSA) is 95.4 Å². The number of anilines is 1. The summed E-state index contributed by atoms with van der Waals surface area (Å²) in [7, 11) is 1.59. The molecular weight excluding hydrogens is 339 g/mol. The van der Waals surface area contributed by atoms with Crippen molar-refractivity contribution in [2.24, 2.45) is 5.73 Å². The van der Waals surface area contributed by atoms with Crippen LogP contribution in [0.15, 0.2) is 53.0 Å². The van der Waals surface area contributed by atoms with Crippen molar-refractivity contribution in [3.8, 4) is 11.5 Å². The van der Waals surface area contributed by atoms with Crippen molar-refractivity contribution in [3.05, 3.63) is 54.1 Å². The number of pyridine rings is 1. The molecule has 7 nitrogen and oxygen atoms in total. The summed E-state index contributed by atoms with van der Waals surface area (Å²) >= 11 is 0. The van der Waals surface area contributed by atoms with Crippen LogP contribution in [0, 0.1) is 0 Å². The Labute approximate surface area is 149 Å². The zero-order chi connectivity index (χ0) is 18.4. The zero-order valence-corrected chi connectivity index (χ0v) is 14.2. The highest BCUT2D eigenvalue weighted by atomic mass is 19.1. The first-order valence-electron chi connectivity index (χ1n) is 7.96. The van der Waals surface area contributed by atoms with E-state index in [4.69, 9.17) is 19.6 Å². The number of fused-ring (bicyclic) bond motifs is 1. The number of nitrogens with two attached hydrogens (primary N) is 1. The van der Waals surface area contributed by atoms with Crippen molar-refractivity contribution < 1.29 is 18.3 Å². The normalized spacial score (nSPS) is 11.6. The molecule has 0 aliphatic heterocycles. The quantitative estimate of drug-likeness (QED) is 0.639. The second-order valence-electron chi connectivity index (χ2n) is 5.45. The summed E-state index contributed by atoms with van der Waals surface area (Å²) < 4.78 is 29.0. The van der Waals surface area contributed by atoms with Gasteiger partial charge in [-0.2, -0.15) is 4.98 Å². The van der Waals surface area contributed by atoms with Gasteiger partial charge in [-0.25, -0.2) is 4.39 Å². The smallest absolute Gasteiger partial charge is 0.295 e. The highest BCUT2D eigenvalue weighted by Crippen LogP contribution is 2.25. The van der Waals surface area contributed by atoms with Crippen LogP contribution >= 0.6 is 0 Å². The number of nitrogens with zero attached hydrogens (tertiary/aromatic N) is 2. The minimum absolute atomic E-state index is 0.0829. The summed E-state index contributed by atoms with van der Waals surface area (Å²) in [5.41, 5.74) is 7.95. The van der Waals surface area contributed by atoms with Crippen LogP contribution < -0.4 is 20.5 Å². The van der Waals surface area contributed by atoms with Gasteiger partial charge in [-0.1, -0.05) is 0 Å². The number of ether oxygens (including phenoxy) is 2. The number of halogens is 1. The lowest BCUT2D eigenvalue weighted by Crippen LogP contribution is -2.10. The van der Waals surface area contributed by atoms with Gasteiger partial charge in [0.15, 0.2) is 5.58 Å². The Morgan fingerprint density at radius 1 is 1.38 bits per heavy atom. The summed E-state index contributed by atoms with van der Waals surface area (Å²) in [6.07, 6.45) is 3.80. The average molecular weight is 358 g/mol. The molecule has 26 heavy (non-hydrogen) atoms. The summed E-state index contributed by atoms with van der Waals surface area (Å²) in [4.78, 5) is 8.39. The molecule has 0 fully saturated rings. The molecule has 0 aliphatic rings. The minimum atomic E-state index is 0.0829. The van der Waals surface area contributed by atoms with Gasteiger partial charge >= 0.3 is 0 Å². The first kappa shape index (κ1) is 17.7. The summed E-state index contributed by atoms with van der Waals surface area (Å²) in [6, 6.07) is 7.45. The fraction of sp³-hybridized carbons (Fsp3) is 0.222. The lowest BCUT2D eigenvalue weighted by molar-refractivity contribution is 0.347. The van der Waals surface area contributed by atoms with Crippen LogP contribution in [-0.4, -0.2) is 30.2 Å². The molecular formula is C18H19FN4O3. The Balaban J connectivity index is 1.69. The van der Waals surface area contributed by atoms with Crippen molar-refractivity contribution in [3.63, 3.8) is 0 Å². The number of hydrogen-bond acceptors (Lipinski definition) is 7. The third-order valence-corrected chi connectivity index (χ3v) is 3.72. The van der Waals surface area contributed by atoms with E-state index in [0.29, 0.717) is 47.1 Å². The van der Waals surface area contributed by atoms with Crippen molar-refractivity contribution in [2.75, 3.05) is 25.6 Å². The number of benzene rings is 1. The van der Waals surface area contributed by atoms with Crippen LogP contribution in [0.5, 0.6) is 11.5 Å². The molecule has 0 radical (unpaired) electrons. The third kappa shape index (κ3) is 4.09. The first-order chi connectivity index (χ1) is 12.7. The lowest BCUT2D eigenvalue weighted by atomic mass is 10.2. The second-order valence-corrected chi connectivity index (χ2v) is 5.45. The molecule has 3 N–H and O–H groups in total. The lowest BCUT2D eigenvalue weighted by Gasteiger charge is -2.07. The van der Waals surface area contributed by atoms with E-state index in [1.807, 2.05) is 6.07 Å². The number of aromatic nitrogens is 2. The fourth-order valence-electron chi connectivity index (χ4n) is 2.29. The molecule has 0 spiro atoms.